The zero-order valence-corrected chi connectivity index (χ0v) is 8.51. The quantitative estimate of drug-likeness (QED) is 0.577. The highest BCUT2D eigenvalue weighted by Crippen LogP contribution is 2.19. The normalized spacial score (nSPS) is 12.8. The van der Waals surface area contributed by atoms with Gasteiger partial charge in [0.1, 0.15) is 0 Å². The predicted octanol–water partition coefficient (Wildman–Crippen LogP) is 2.64. The Hall–Kier alpha value is -0.570. The second kappa shape index (κ2) is 5.22. The van der Waals surface area contributed by atoms with Crippen molar-refractivity contribution >= 4 is 11.6 Å². The van der Waals surface area contributed by atoms with Crippen LogP contribution in [-0.2, 0) is 0 Å². The molecule has 0 radical (unpaired) electrons. The fourth-order valence-electron chi connectivity index (χ4n) is 1.33. The van der Waals surface area contributed by atoms with Crippen LogP contribution in [0.5, 0.6) is 0 Å². The van der Waals surface area contributed by atoms with Gasteiger partial charge in [0.25, 0.3) is 0 Å². The van der Waals surface area contributed by atoms with Gasteiger partial charge in [-0.1, -0.05) is 37.1 Å². The molecule has 0 unspecified atom stereocenters. The highest BCUT2D eigenvalue weighted by Gasteiger charge is 2.06. The lowest BCUT2D eigenvalue weighted by molar-refractivity contribution is 0.510. The number of rotatable bonds is 4. The first-order chi connectivity index (χ1) is 6.27. The summed E-state index contributed by atoms with van der Waals surface area (Å²) >= 11 is 5.78. The minimum atomic E-state index is 0.238. The lowest BCUT2D eigenvalue weighted by Crippen LogP contribution is -2.27. The van der Waals surface area contributed by atoms with Gasteiger partial charge in [-0.2, -0.15) is 0 Å². The van der Waals surface area contributed by atoms with Crippen LogP contribution in [0.3, 0.4) is 0 Å². The summed E-state index contributed by atoms with van der Waals surface area (Å²) in [5.74, 6) is 5.45. The summed E-state index contributed by atoms with van der Waals surface area (Å²) in [4.78, 5) is 0. The van der Waals surface area contributed by atoms with E-state index >= 15 is 0 Å². The van der Waals surface area contributed by atoms with Gasteiger partial charge in [0.15, 0.2) is 0 Å². The molecule has 0 spiro atoms. The van der Waals surface area contributed by atoms with Crippen LogP contribution in [0.15, 0.2) is 24.3 Å². The van der Waals surface area contributed by atoms with Crippen molar-refractivity contribution in [2.75, 3.05) is 0 Å². The molecule has 0 bridgehead atoms. The molecule has 1 rings (SSSR count). The van der Waals surface area contributed by atoms with Crippen molar-refractivity contribution in [3.8, 4) is 0 Å². The molecule has 0 aromatic heterocycles. The smallest absolute Gasteiger partial charge is 0.0459 e. The van der Waals surface area contributed by atoms with E-state index in [9.17, 15) is 0 Å². The molecule has 0 heterocycles. The summed E-state index contributed by atoms with van der Waals surface area (Å²) in [5.41, 5.74) is 3.98. The summed E-state index contributed by atoms with van der Waals surface area (Å²) in [7, 11) is 0. The molecule has 0 aliphatic heterocycles. The number of halogens is 1. The second-order valence-electron chi connectivity index (χ2n) is 3.06. The molecule has 0 amide bonds. The number of hydrogen-bond acceptors (Lipinski definition) is 2. The van der Waals surface area contributed by atoms with Gasteiger partial charge in [0, 0.05) is 11.1 Å². The van der Waals surface area contributed by atoms with Crippen molar-refractivity contribution < 1.29 is 0 Å². The topological polar surface area (TPSA) is 38.0 Å². The van der Waals surface area contributed by atoms with Crippen molar-refractivity contribution in [1.29, 1.82) is 0 Å². The molecule has 0 saturated carbocycles. The molecule has 3 heteroatoms. The van der Waals surface area contributed by atoms with Gasteiger partial charge in [0.2, 0.25) is 0 Å². The van der Waals surface area contributed by atoms with Crippen LogP contribution in [0.1, 0.15) is 31.4 Å². The van der Waals surface area contributed by atoms with E-state index in [1.165, 1.54) is 5.56 Å². The van der Waals surface area contributed by atoms with Crippen LogP contribution in [0.25, 0.3) is 0 Å². The monoisotopic (exact) mass is 198 g/mol. The minimum absolute atomic E-state index is 0.238. The Morgan fingerprint density at radius 1 is 1.38 bits per heavy atom. The van der Waals surface area contributed by atoms with Crippen molar-refractivity contribution in [2.24, 2.45) is 5.84 Å². The Morgan fingerprint density at radius 3 is 2.46 bits per heavy atom. The van der Waals surface area contributed by atoms with E-state index in [1.807, 2.05) is 24.3 Å². The van der Waals surface area contributed by atoms with Crippen molar-refractivity contribution in [3.63, 3.8) is 0 Å². The molecule has 1 aromatic rings. The van der Waals surface area contributed by atoms with Crippen LogP contribution in [0.4, 0.5) is 0 Å². The first kappa shape index (κ1) is 10.5. The standard InChI is InChI=1S/C10H15ClN2/c1-2-3-10(13-12)8-4-6-9(11)7-5-8/h4-7,10,13H,2-3,12H2,1H3/t10-/m0/s1. The molecule has 1 atom stereocenters. The highest BCUT2D eigenvalue weighted by molar-refractivity contribution is 6.30. The van der Waals surface area contributed by atoms with Gasteiger partial charge in [-0.15, -0.1) is 0 Å². The first-order valence-electron chi connectivity index (χ1n) is 4.49. The third-order valence-electron chi connectivity index (χ3n) is 2.05. The average molecular weight is 199 g/mol. The molecule has 1 aromatic carbocycles. The van der Waals surface area contributed by atoms with Gasteiger partial charge in [-0.3, -0.25) is 11.3 Å². The van der Waals surface area contributed by atoms with Crippen molar-refractivity contribution in [1.82, 2.24) is 5.43 Å². The minimum Gasteiger partial charge on any atom is -0.271 e. The SMILES string of the molecule is CCC[C@H](NN)c1ccc(Cl)cc1. The van der Waals surface area contributed by atoms with Crippen LogP contribution in [0.2, 0.25) is 5.02 Å². The van der Waals surface area contributed by atoms with E-state index in [0.717, 1.165) is 17.9 Å². The van der Waals surface area contributed by atoms with Gasteiger partial charge in [-0.25, -0.2) is 0 Å². The van der Waals surface area contributed by atoms with E-state index in [-0.39, 0.29) is 6.04 Å². The number of benzene rings is 1. The van der Waals surface area contributed by atoms with E-state index < -0.39 is 0 Å². The van der Waals surface area contributed by atoms with Gasteiger partial charge in [0.05, 0.1) is 0 Å². The second-order valence-corrected chi connectivity index (χ2v) is 3.50. The fourth-order valence-corrected chi connectivity index (χ4v) is 1.46. The lowest BCUT2D eigenvalue weighted by Gasteiger charge is -2.14. The molecule has 2 nitrogen and oxygen atoms in total. The number of hydrazine groups is 1. The zero-order valence-electron chi connectivity index (χ0n) is 7.76. The summed E-state index contributed by atoms with van der Waals surface area (Å²) in [6.45, 7) is 2.14. The third-order valence-corrected chi connectivity index (χ3v) is 2.30. The molecule has 13 heavy (non-hydrogen) atoms. The molecular weight excluding hydrogens is 184 g/mol. The van der Waals surface area contributed by atoms with Gasteiger partial charge < -0.3 is 0 Å². The lowest BCUT2D eigenvalue weighted by atomic mass is 10.0. The largest absolute Gasteiger partial charge is 0.271 e. The average Bonchev–Trinajstić information content (AvgIpc) is 2.16. The summed E-state index contributed by atoms with van der Waals surface area (Å²) in [5, 5.41) is 0.760. The molecule has 0 saturated heterocycles. The summed E-state index contributed by atoms with van der Waals surface area (Å²) in [6.07, 6.45) is 2.15. The maximum Gasteiger partial charge on any atom is 0.0459 e. The zero-order chi connectivity index (χ0) is 9.68. The fraction of sp³-hybridized carbons (Fsp3) is 0.400. The molecule has 3 N–H and O–H groups in total. The van der Waals surface area contributed by atoms with Crippen LogP contribution >= 0.6 is 11.6 Å². The Bertz CT molecular complexity index is 246. The number of nitrogens with two attached hydrogens (primary N) is 1. The summed E-state index contributed by atoms with van der Waals surface area (Å²) < 4.78 is 0. The molecule has 0 fully saturated rings. The van der Waals surface area contributed by atoms with Crippen LogP contribution in [-0.4, -0.2) is 0 Å². The number of hydrogen-bond donors (Lipinski definition) is 2. The van der Waals surface area contributed by atoms with Crippen LogP contribution < -0.4 is 11.3 Å². The Kier molecular flexibility index (Phi) is 4.22. The van der Waals surface area contributed by atoms with E-state index in [2.05, 4.69) is 12.3 Å². The van der Waals surface area contributed by atoms with Crippen LogP contribution in [0, 0.1) is 0 Å². The van der Waals surface area contributed by atoms with Gasteiger partial charge >= 0.3 is 0 Å². The Balaban J connectivity index is 2.73. The van der Waals surface area contributed by atoms with Gasteiger partial charge in [-0.05, 0) is 24.1 Å². The maximum atomic E-state index is 5.78. The van der Waals surface area contributed by atoms with E-state index in [1.54, 1.807) is 0 Å². The number of nitrogens with one attached hydrogen (secondary N) is 1. The third kappa shape index (κ3) is 2.99. The van der Waals surface area contributed by atoms with Crippen molar-refractivity contribution in [3.05, 3.63) is 34.9 Å². The molecule has 72 valence electrons. The molecular formula is C10H15ClN2. The molecule has 0 aliphatic rings. The Morgan fingerprint density at radius 2 is 2.00 bits per heavy atom. The Labute approximate surface area is 84.1 Å². The van der Waals surface area contributed by atoms with Crippen molar-refractivity contribution in [2.45, 2.75) is 25.8 Å². The van der Waals surface area contributed by atoms with E-state index in [4.69, 9.17) is 17.4 Å². The highest BCUT2D eigenvalue weighted by atomic mass is 35.5. The predicted molar refractivity (Wildman–Crippen MR) is 56.4 cm³/mol. The maximum absolute atomic E-state index is 5.78. The first-order valence-corrected chi connectivity index (χ1v) is 4.87. The summed E-state index contributed by atoms with van der Waals surface area (Å²) in [6, 6.07) is 8.01. The van der Waals surface area contributed by atoms with E-state index in [0.29, 0.717) is 0 Å². The molecule has 0 aliphatic carbocycles.